The van der Waals surface area contributed by atoms with Crippen LogP contribution in [0.1, 0.15) is 53.6 Å². The standard InChI is InChI=1S/C21H30NO5PS/c1-21(22,14-16-28(24,25)26)13-12-18-10-11-20(29-18)19(23)9-5-6-15-27-17-7-3-2-4-8-17/h2-4,7-8,10-11H,5-6,9,12-16,22H2,1H3,(H2,24,25,26). The van der Waals surface area contributed by atoms with E-state index in [4.69, 9.17) is 20.3 Å². The smallest absolute Gasteiger partial charge is 0.325 e. The molecule has 29 heavy (non-hydrogen) atoms. The molecule has 8 heteroatoms. The summed E-state index contributed by atoms with van der Waals surface area (Å²) in [7, 11) is -4.03. The predicted molar refractivity (Wildman–Crippen MR) is 117 cm³/mol. The van der Waals surface area contributed by atoms with Crippen molar-refractivity contribution in [2.75, 3.05) is 12.8 Å². The lowest BCUT2D eigenvalue weighted by atomic mass is 9.94. The molecule has 1 heterocycles. The van der Waals surface area contributed by atoms with Crippen molar-refractivity contribution in [1.82, 2.24) is 0 Å². The summed E-state index contributed by atoms with van der Waals surface area (Å²) in [5.74, 6) is 0.979. The van der Waals surface area contributed by atoms with Gasteiger partial charge < -0.3 is 20.3 Å². The molecule has 6 nitrogen and oxygen atoms in total. The van der Waals surface area contributed by atoms with E-state index in [1.807, 2.05) is 42.5 Å². The highest BCUT2D eigenvalue weighted by Gasteiger charge is 2.24. The van der Waals surface area contributed by atoms with Gasteiger partial charge in [0, 0.05) is 16.8 Å². The van der Waals surface area contributed by atoms with Crippen LogP contribution in [-0.4, -0.2) is 33.9 Å². The molecular formula is C21H30NO5PS. The van der Waals surface area contributed by atoms with Crippen molar-refractivity contribution in [3.05, 3.63) is 52.2 Å². The molecule has 2 rings (SSSR count). The first kappa shape index (κ1) is 23.8. The lowest BCUT2D eigenvalue weighted by Crippen LogP contribution is -2.37. The molecule has 0 aliphatic heterocycles. The van der Waals surface area contributed by atoms with E-state index in [-0.39, 0.29) is 18.4 Å². The zero-order valence-electron chi connectivity index (χ0n) is 16.8. The molecule has 1 atom stereocenters. The van der Waals surface area contributed by atoms with E-state index in [1.165, 1.54) is 11.3 Å². The number of nitrogens with two attached hydrogens (primary N) is 1. The second kappa shape index (κ2) is 11.0. The number of carbonyl (C=O) groups excluding carboxylic acids is 1. The van der Waals surface area contributed by atoms with E-state index in [0.29, 0.717) is 25.9 Å². The summed E-state index contributed by atoms with van der Waals surface area (Å²) in [6, 6.07) is 13.4. The molecule has 0 aliphatic rings. The summed E-state index contributed by atoms with van der Waals surface area (Å²) in [6.45, 7) is 2.40. The Morgan fingerprint density at radius 1 is 1.14 bits per heavy atom. The summed E-state index contributed by atoms with van der Waals surface area (Å²) in [5.41, 5.74) is 5.51. The van der Waals surface area contributed by atoms with E-state index >= 15 is 0 Å². The Bertz CT molecular complexity index is 815. The molecule has 0 amide bonds. The normalized spacial score (nSPS) is 13.8. The summed E-state index contributed by atoms with van der Waals surface area (Å²) in [5, 5.41) is 0. The summed E-state index contributed by atoms with van der Waals surface area (Å²) in [6.07, 6.45) is 3.46. The van der Waals surface area contributed by atoms with Crippen molar-refractivity contribution in [2.45, 2.75) is 51.0 Å². The van der Waals surface area contributed by atoms with Crippen molar-refractivity contribution in [1.29, 1.82) is 0 Å². The van der Waals surface area contributed by atoms with Gasteiger partial charge in [0.25, 0.3) is 0 Å². The number of thiophene rings is 1. The molecule has 160 valence electrons. The third-order valence-corrected chi connectivity index (χ3v) is 6.66. The van der Waals surface area contributed by atoms with E-state index < -0.39 is 13.1 Å². The van der Waals surface area contributed by atoms with Gasteiger partial charge in [-0.1, -0.05) is 18.2 Å². The van der Waals surface area contributed by atoms with Gasteiger partial charge in [-0.2, -0.15) is 0 Å². The highest BCUT2D eigenvalue weighted by atomic mass is 32.1. The Morgan fingerprint density at radius 3 is 2.55 bits per heavy atom. The first-order chi connectivity index (χ1) is 13.6. The number of hydrogen-bond donors (Lipinski definition) is 3. The minimum Gasteiger partial charge on any atom is -0.494 e. The molecule has 0 aliphatic carbocycles. The fourth-order valence-electron chi connectivity index (χ4n) is 2.81. The monoisotopic (exact) mass is 439 g/mol. The van der Waals surface area contributed by atoms with Gasteiger partial charge in [-0.15, -0.1) is 11.3 Å². The maximum atomic E-state index is 12.4. The molecule has 1 aromatic carbocycles. The SMILES string of the molecule is CC(N)(CCc1ccc(C(=O)CCCCOc2ccccc2)s1)CCP(=O)(O)O. The highest BCUT2D eigenvalue weighted by molar-refractivity contribution is 7.51. The van der Waals surface area contributed by atoms with Crippen LogP contribution in [0.4, 0.5) is 0 Å². The molecule has 0 radical (unpaired) electrons. The van der Waals surface area contributed by atoms with Gasteiger partial charge in [0.05, 0.1) is 17.6 Å². The van der Waals surface area contributed by atoms with Gasteiger partial charge in [-0.3, -0.25) is 9.36 Å². The predicted octanol–water partition coefficient (Wildman–Crippen LogP) is 4.40. The molecule has 0 saturated carbocycles. The minimum atomic E-state index is -4.03. The first-order valence-electron chi connectivity index (χ1n) is 9.78. The van der Waals surface area contributed by atoms with Crippen molar-refractivity contribution in [3.63, 3.8) is 0 Å². The van der Waals surface area contributed by atoms with Crippen LogP contribution in [0.5, 0.6) is 5.75 Å². The molecule has 0 saturated heterocycles. The van der Waals surface area contributed by atoms with Crippen LogP contribution in [0.15, 0.2) is 42.5 Å². The summed E-state index contributed by atoms with van der Waals surface area (Å²) in [4.78, 5) is 32.2. The molecule has 2 aromatic rings. The molecule has 0 bridgehead atoms. The molecule has 0 fully saturated rings. The third-order valence-electron chi connectivity index (χ3n) is 4.66. The van der Waals surface area contributed by atoms with E-state index in [0.717, 1.165) is 28.3 Å². The third kappa shape index (κ3) is 9.70. The van der Waals surface area contributed by atoms with Crippen LogP contribution in [-0.2, 0) is 11.0 Å². The van der Waals surface area contributed by atoms with Crippen LogP contribution in [0, 0.1) is 0 Å². The lowest BCUT2D eigenvalue weighted by molar-refractivity contribution is 0.0981. The van der Waals surface area contributed by atoms with Gasteiger partial charge >= 0.3 is 7.60 Å². The molecule has 1 aromatic heterocycles. The second-order valence-corrected chi connectivity index (χ2v) is 10.5. The van der Waals surface area contributed by atoms with Crippen molar-refractivity contribution >= 4 is 24.7 Å². The van der Waals surface area contributed by atoms with Crippen LogP contribution >= 0.6 is 18.9 Å². The molecule has 4 N–H and O–H groups in total. The Hall–Kier alpha value is -1.50. The van der Waals surface area contributed by atoms with Gasteiger partial charge in [-0.05, 0) is 63.3 Å². The fraction of sp³-hybridized carbons (Fsp3) is 0.476. The van der Waals surface area contributed by atoms with Crippen molar-refractivity contribution < 1.29 is 23.9 Å². The van der Waals surface area contributed by atoms with E-state index in [1.54, 1.807) is 6.92 Å². The number of hydrogen-bond acceptors (Lipinski definition) is 5. The number of aryl methyl sites for hydroxylation is 1. The fourth-order valence-corrected chi connectivity index (χ4v) is 4.59. The average molecular weight is 440 g/mol. The number of Topliss-reactive ketones (excluding diaryl/α,β-unsaturated/α-hetero) is 1. The van der Waals surface area contributed by atoms with Gasteiger partial charge in [-0.25, -0.2) is 0 Å². The number of ether oxygens (including phenoxy) is 1. The van der Waals surface area contributed by atoms with E-state index in [9.17, 15) is 9.36 Å². The largest absolute Gasteiger partial charge is 0.494 e. The number of ketones is 1. The topological polar surface area (TPSA) is 110 Å². The number of unbranched alkanes of at least 4 members (excludes halogenated alkanes) is 1. The zero-order valence-corrected chi connectivity index (χ0v) is 18.5. The minimum absolute atomic E-state index is 0.137. The van der Waals surface area contributed by atoms with Gasteiger partial charge in [0.2, 0.25) is 0 Å². The Balaban J connectivity index is 1.68. The van der Waals surface area contributed by atoms with Gasteiger partial charge in [0.1, 0.15) is 5.75 Å². The molecule has 0 spiro atoms. The first-order valence-corrected chi connectivity index (χ1v) is 12.4. The quantitative estimate of drug-likeness (QED) is 0.242. The van der Waals surface area contributed by atoms with Crippen LogP contribution in [0.25, 0.3) is 0 Å². The number of benzene rings is 1. The summed E-state index contributed by atoms with van der Waals surface area (Å²) < 4.78 is 16.7. The van der Waals surface area contributed by atoms with Crippen LogP contribution in [0.3, 0.4) is 0 Å². The number of para-hydroxylation sites is 1. The Kier molecular flexibility index (Phi) is 9.05. The second-order valence-electron chi connectivity index (χ2n) is 7.60. The van der Waals surface area contributed by atoms with Crippen molar-refractivity contribution in [2.24, 2.45) is 5.73 Å². The van der Waals surface area contributed by atoms with Crippen LogP contribution in [0.2, 0.25) is 0 Å². The Morgan fingerprint density at radius 2 is 1.86 bits per heavy atom. The molecular weight excluding hydrogens is 409 g/mol. The number of rotatable bonds is 13. The molecule has 1 unspecified atom stereocenters. The van der Waals surface area contributed by atoms with Crippen LogP contribution < -0.4 is 10.5 Å². The zero-order chi connectivity index (χ0) is 21.3. The Labute approximate surface area is 176 Å². The summed E-state index contributed by atoms with van der Waals surface area (Å²) >= 11 is 1.48. The van der Waals surface area contributed by atoms with Crippen molar-refractivity contribution in [3.8, 4) is 5.75 Å². The van der Waals surface area contributed by atoms with Gasteiger partial charge in [0.15, 0.2) is 5.78 Å². The highest BCUT2D eigenvalue weighted by Crippen LogP contribution is 2.37. The number of carbonyl (C=O) groups is 1. The van der Waals surface area contributed by atoms with E-state index in [2.05, 4.69) is 0 Å². The maximum absolute atomic E-state index is 12.4. The lowest BCUT2D eigenvalue weighted by Gasteiger charge is -2.24. The maximum Gasteiger partial charge on any atom is 0.325 e. The average Bonchev–Trinajstić information content (AvgIpc) is 3.14.